The number of amides is 1. The molecule has 5 heteroatoms. The van der Waals surface area contributed by atoms with E-state index in [9.17, 15) is 4.79 Å². The number of anilines is 2. The number of benzene rings is 1. The Morgan fingerprint density at radius 1 is 1.14 bits per heavy atom. The number of pyridine rings is 1. The number of aryl methyl sites for hydroxylation is 2. The summed E-state index contributed by atoms with van der Waals surface area (Å²) in [7, 11) is 3.49. The molecule has 0 spiro atoms. The molecule has 2 aromatic rings. The smallest absolute Gasteiger partial charge is 0.258 e. The van der Waals surface area contributed by atoms with Crippen molar-refractivity contribution in [2.75, 3.05) is 24.3 Å². The molecule has 0 aliphatic carbocycles. The lowest BCUT2D eigenvalue weighted by atomic mass is 10.1. The molecule has 0 bridgehead atoms. The molecule has 0 aliphatic heterocycles. The number of halogens is 1. The molecule has 1 aromatic carbocycles. The second-order valence-corrected chi connectivity index (χ2v) is 5.41. The Balaban J connectivity index is 2.36. The zero-order valence-corrected chi connectivity index (χ0v) is 13.3. The SMILES string of the molecule is CNc1cc(C(=O)N(C)c2cc(C)cc(C)c2)cc(Cl)n1. The van der Waals surface area contributed by atoms with Crippen LogP contribution in [0, 0.1) is 13.8 Å². The topological polar surface area (TPSA) is 45.2 Å². The quantitative estimate of drug-likeness (QED) is 0.880. The van der Waals surface area contributed by atoms with Gasteiger partial charge in [0.1, 0.15) is 11.0 Å². The highest BCUT2D eigenvalue weighted by molar-refractivity contribution is 6.30. The fourth-order valence-corrected chi connectivity index (χ4v) is 2.41. The predicted octanol–water partition coefficient (Wildman–Crippen LogP) is 3.67. The van der Waals surface area contributed by atoms with Crippen molar-refractivity contribution in [1.82, 2.24) is 4.98 Å². The van der Waals surface area contributed by atoms with Crippen LogP contribution in [0.3, 0.4) is 0 Å². The van der Waals surface area contributed by atoms with Crippen LogP contribution in [0.2, 0.25) is 5.15 Å². The Morgan fingerprint density at radius 3 is 2.33 bits per heavy atom. The maximum absolute atomic E-state index is 12.6. The van der Waals surface area contributed by atoms with E-state index in [0.29, 0.717) is 16.5 Å². The van der Waals surface area contributed by atoms with Crippen LogP contribution in [0.4, 0.5) is 11.5 Å². The van der Waals surface area contributed by atoms with Gasteiger partial charge in [-0.25, -0.2) is 4.98 Å². The summed E-state index contributed by atoms with van der Waals surface area (Å²) >= 11 is 5.95. The van der Waals surface area contributed by atoms with Gasteiger partial charge >= 0.3 is 0 Å². The highest BCUT2D eigenvalue weighted by atomic mass is 35.5. The summed E-state index contributed by atoms with van der Waals surface area (Å²) in [6.45, 7) is 4.02. The van der Waals surface area contributed by atoms with Crippen molar-refractivity contribution in [3.63, 3.8) is 0 Å². The molecule has 0 radical (unpaired) electrons. The molecule has 4 nitrogen and oxygen atoms in total. The largest absolute Gasteiger partial charge is 0.373 e. The zero-order valence-electron chi connectivity index (χ0n) is 12.6. The molecular formula is C16H18ClN3O. The van der Waals surface area contributed by atoms with Gasteiger partial charge in [-0.3, -0.25) is 4.79 Å². The maximum atomic E-state index is 12.6. The molecule has 0 aliphatic rings. The molecule has 1 amide bonds. The van der Waals surface area contributed by atoms with Gasteiger partial charge < -0.3 is 10.2 Å². The number of carbonyl (C=O) groups is 1. The molecule has 0 unspecified atom stereocenters. The first kappa shape index (κ1) is 15.3. The summed E-state index contributed by atoms with van der Waals surface area (Å²) in [5.74, 6) is 0.445. The van der Waals surface area contributed by atoms with E-state index >= 15 is 0 Å². The minimum absolute atomic E-state index is 0.124. The lowest BCUT2D eigenvalue weighted by Crippen LogP contribution is -2.26. The first-order valence-electron chi connectivity index (χ1n) is 6.62. The second kappa shape index (κ2) is 6.14. The average Bonchev–Trinajstić information content (AvgIpc) is 2.43. The third kappa shape index (κ3) is 3.52. The Labute approximate surface area is 129 Å². The van der Waals surface area contributed by atoms with Gasteiger partial charge in [0.2, 0.25) is 0 Å². The first-order chi connectivity index (χ1) is 9.90. The molecule has 1 heterocycles. The maximum Gasteiger partial charge on any atom is 0.258 e. The van der Waals surface area contributed by atoms with Crippen LogP contribution in [0.25, 0.3) is 0 Å². The molecule has 0 atom stereocenters. The van der Waals surface area contributed by atoms with Crippen LogP contribution in [0.5, 0.6) is 0 Å². The number of aromatic nitrogens is 1. The molecule has 1 N–H and O–H groups in total. The van der Waals surface area contributed by atoms with Crippen LogP contribution >= 0.6 is 11.6 Å². The molecule has 0 saturated heterocycles. The molecular weight excluding hydrogens is 286 g/mol. The number of nitrogens with zero attached hydrogens (tertiary/aromatic N) is 2. The Bertz CT molecular complexity index is 665. The van der Waals surface area contributed by atoms with Gasteiger partial charge in [-0.05, 0) is 49.2 Å². The van der Waals surface area contributed by atoms with Gasteiger partial charge in [-0.15, -0.1) is 0 Å². The Hall–Kier alpha value is -2.07. The Morgan fingerprint density at radius 2 is 1.76 bits per heavy atom. The van der Waals surface area contributed by atoms with Crippen LogP contribution in [-0.4, -0.2) is 25.0 Å². The molecule has 0 fully saturated rings. The van der Waals surface area contributed by atoms with Gasteiger partial charge in [0.15, 0.2) is 0 Å². The van der Waals surface area contributed by atoms with E-state index in [1.807, 2.05) is 26.0 Å². The first-order valence-corrected chi connectivity index (χ1v) is 7.00. The number of hydrogen-bond acceptors (Lipinski definition) is 3. The van der Waals surface area contributed by atoms with E-state index in [4.69, 9.17) is 11.6 Å². The fraction of sp³-hybridized carbons (Fsp3) is 0.250. The number of hydrogen-bond donors (Lipinski definition) is 1. The van der Waals surface area contributed by atoms with E-state index in [-0.39, 0.29) is 5.91 Å². The summed E-state index contributed by atoms with van der Waals surface area (Å²) in [5, 5.41) is 3.18. The Kier molecular flexibility index (Phi) is 4.48. The third-order valence-electron chi connectivity index (χ3n) is 3.20. The zero-order chi connectivity index (χ0) is 15.6. The molecule has 0 saturated carbocycles. The third-order valence-corrected chi connectivity index (χ3v) is 3.39. The highest BCUT2D eigenvalue weighted by Crippen LogP contribution is 2.21. The van der Waals surface area contributed by atoms with E-state index in [1.165, 1.54) is 0 Å². The summed E-state index contributed by atoms with van der Waals surface area (Å²) in [6, 6.07) is 9.29. The van der Waals surface area contributed by atoms with Crippen molar-refractivity contribution in [1.29, 1.82) is 0 Å². The summed E-state index contributed by atoms with van der Waals surface area (Å²) in [6.07, 6.45) is 0. The van der Waals surface area contributed by atoms with Gasteiger partial charge in [0, 0.05) is 25.3 Å². The van der Waals surface area contributed by atoms with Crippen LogP contribution in [0.1, 0.15) is 21.5 Å². The van der Waals surface area contributed by atoms with E-state index in [0.717, 1.165) is 16.8 Å². The van der Waals surface area contributed by atoms with Crippen LogP contribution in [0.15, 0.2) is 30.3 Å². The standard InChI is InChI=1S/C16H18ClN3O/c1-10-5-11(2)7-13(6-10)20(4)16(21)12-8-14(17)19-15(9-12)18-3/h5-9H,1-4H3,(H,18,19). The average molecular weight is 304 g/mol. The highest BCUT2D eigenvalue weighted by Gasteiger charge is 2.16. The van der Waals surface area contributed by atoms with E-state index < -0.39 is 0 Å². The van der Waals surface area contributed by atoms with E-state index in [1.54, 1.807) is 31.1 Å². The van der Waals surface area contributed by atoms with Crippen molar-refractivity contribution in [2.24, 2.45) is 0 Å². The van der Waals surface area contributed by atoms with Crippen molar-refractivity contribution in [3.05, 3.63) is 52.2 Å². The summed E-state index contributed by atoms with van der Waals surface area (Å²) in [4.78, 5) is 18.3. The molecule has 21 heavy (non-hydrogen) atoms. The van der Waals surface area contributed by atoms with Gasteiger partial charge in [-0.1, -0.05) is 17.7 Å². The lowest BCUT2D eigenvalue weighted by molar-refractivity contribution is 0.0993. The van der Waals surface area contributed by atoms with Crippen molar-refractivity contribution in [2.45, 2.75) is 13.8 Å². The summed E-state index contributed by atoms with van der Waals surface area (Å²) < 4.78 is 0. The van der Waals surface area contributed by atoms with Crippen LogP contribution in [-0.2, 0) is 0 Å². The number of nitrogens with one attached hydrogen (secondary N) is 1. The van der Waals surface area contributed by atoms with Gasteiger partial charge in [-0.2, -0.15) is 0 Å². The lowest BCUT2D eigenvalue weighted by Gasteiger charge is -2.19. The van der Waals surface area contributed by atoms with E-state index in [2.05, 4.69) is 16.4 Å². The van der Waals surface area contributed by atoms with Gasteiger partial charge in [0.05, 0.1) is 0 Å². The number of carbonyl (C=O) groups excluding carboxylic acids is 1. The monoisotopic (exact) mass is 303 g/mol. The summed E-state index contributed by atoms with van der Waals surface area (Å²) in [5.41, 5.74) is 3.60. The normalized spacial score (nSPS) is 10.3. The van der Waals surface area contributed by atoms with Crippen molar-refractivity contribution >= 4 is 29.0 Å². The molecule has 1 aromatic heterocycles. The number of rotatable bonds is 3. The molecule has 110 valence electrons. The second-order valence-electron chi connectivity index (χ2n) is 5.02. The van der Waals surface area contributed by atoms with Crippen molar-refractivity contribution < 1.29 is 4.79 Å². The minimum atomic E-state index is -0.124. The minimum Gasteiger partial charge on any atom is -0.373 e. The fourth-order valence-electron chi connectivity index (χ4n) is 2.20. The predicted molar refractivity (Wildman–Crippen MR) is 87.4 cm³/mol. The van der Waals surface area contributed by atoms with Crippen molar-refractivity contribution in [3.8, 4) is 0 Å². The van der Waals surface area contributed by atoms with Gasteiger partial charge in [0.25, 0.3) is 5.91 Å². The van der Waals surface area contributed by atoms with Crippen LogP contribution < -0.4 is 10.2 Å². The molecule has 2 rings (SSSR count).